The fraction of sp³-hybridized carbons (Fsp3) is 0.333. The van der Waals surface area contributed by atoms with Crippen LogP contribution in [0.5, 0.6) is 0 Å². The molecule has 2 aliphatic carbocycles. The van der Waals surface area contributed by atoms with E-state index in [9.17, 15) is 35.5 Å². The highest BCUT2D eigenvalue weighted by Gasteiger charge is 2.68. The van der Waals surface area contributed by atoms with E-state index in [1.54, 1.807) is 6.92 Å². The fourth-order valence-electron chi connectivity index (χ4n) is 7.01. The van der Waals surface area contributed by atoms with Crippen LogP contribution in [0.1, 0.15) is 52.3 Å². The van der Waals surface area contributed by atoms with E-state index in [0.717, 1.165) is 22.9 Å². The van der Waals surface area contributed by atoms with E-state index in [1.807, 2.05) is 0 Å². The van der Waals surface area contributed by atoms with Crippen LogP contribution in [-0.4, -0.2) is 36.9 Å². The van der Waals surface area contributed by atoms with Crippen molar-refractivity contribution in [1.29, 1.82) is 0 Å². The number of carbonyl (C=O) groups excluding carboxylic acids is 1. The summed E-state index contributed by atoms with van der Waals surface area (Å²) in [5, 5.41) is 9.49. The first-order valence-corrected chi connectivity index (χ1v) is 15.4. The highest BCUT2D eigenvalue weighted by Crippen LogP contribution is 2.68. The van der Waals surface area contributed by atoms with Gasteiger partial charge in [0.05, 0.1) is 22.6 Å². The third kappa shape index (κ3) is 6.03. The van der Waals surface area contributed by atoms with Crippen molar-refractivity contribution in [2.75, 3.05) is 5.73 Å². The van der Waals surface area contributed by atoms with Crippen molar-refractivity contribution in [3.05, 3.63) is 93.8 Å². The first kappa shape index (κ1) is 34.3. The molecule has 1 fully saturated rings. The number of nitrogens with one attached hydrogen (secondary N) is 1. The predicted octanol–water partition coefficient (Wildman–Crippen LogP) is 7.20. The minimum absolute atomic E-state index is 0.0192. The van der Waals surface area contributed by atoms with Crippen LogP contribution in [0, 0.1) is 30.3 Å². The van der Waals surface area contributed by atoms with Crippen molar-refractivity contribution in [1.82, 2.24) is 29.9 Å². The summed E-state index contributed by atoms with van der Waals surface area (Å²) in [4.78, 5) is 18.1. The normalized spacial score (nSPS) is 18.3. The van der Waals surface area contributed by atoms with Gasteiger partial charge in [-0.25, -0.2) is 22.0 Å². The first-order valence-electron chi connectivity index (χ1n) is 15.4. The van der Waals surface area contributed by atoms with E-state index < -0.39 is 102 Å². The van der Waals surface area contributed by atoms with Gasteiger partial charge >= 0.3 is 6.18 Å². The number of nitrogen functional groups attached to an aromatic ring is 1. The first-order chi connectivity index (χ1) is 23.9. The molecule has 5 aromatic rings. The van der Waals surface area contributed by atoms with Gasteiger partial charge in [0.2, 0.25) is 5.91 Å². The predicted molar refractivity (Wildman–Crippen MR) is 161 cm³/mol. The monoisotopic (exact) mass is 725 g/mol. The molecule has 0 radical (unpaired) electrons. The third-order valence-electron chi connectivity index (χ3n) is 9.06. The summed E-state index contributed by atoms with van der Waals surface area (Å²) in [6, 6.07) is 6.33. The average Bonchev–Trinajstić information content (AvgIpc) is 3.55. The molecular weight excluding hydrogens is 700 g/mol. The molecule has 0 spiro atoms. The minimum atomic E-state index is -5.08. The maximum absolute atomic E-state index is 15.2. The molecule has 7 rings (SSSR count). The Kier molecular flexibility index (Phi) is 8.05. The molecule has 3 atom stereocenters. The van der Waals surface area contributed by atoms with Crippen LogP contribution < -0.4 is 11.1 Å². The molecule has 8 nitrogen and oxygen atoms in total. The Morgan fingerprint density at radius 3 is 2.37 bits per heavy atom. The van der Waals surface area contributed by atoms with Gasteiger partial charge in [0.1, 0.15) is 36.2 Å². The SMILES string of the molecule is Cc1ccc(-c2ccc(F)c3c(N)nn(CC(F)F)c23)c([C@H](Cc2cc(F)cc(F)c2)NC(=O)Cn2nc(C(F)(F)F)c3c2C(F)(F)[C@@H]2CC32)n1. The second kappa shape index (κ2) is 12.0. The van der Waals surface area contributed by atoms with Crippen LogP contribution in [0.4, 0.5) is 49.7 Å². The van der Waals surface area contributed by atoms with E-state index in [-0.39, 0.29) is 39.7 Å². The van der Waals surface area contributed by atoms with Crippen LogP contribution in [0.15, 0.2) is 42.5 Å². The van der Waals surface area contributed by atoms with Gasteiger partial charge in [-0.1, -0.05) is 6.07 Å². The Balaban J connectivity index is 1.34. The molecule has 2 aliphatic rings. The maximum Gasteiger partial charge on any atom is 0.435 e. The number of carbonyl (C=O) groups is 1. The van der Waals surface area contributed by atoms with Gasteiger partial charge in [0.25, 0.3) is 12.3 Å². The second-order valence-corrected chi connectivity index (χ2v) is 12.6. The summed E-state index contributed by atoms with van der Waals surface area (Å²) >= 11 is 0. The van der Waals surface area contributed by atoms with Gasteiger partial charge in [-0.15, -0.1) is 0 Å². The number of nitrogens with two attached hydrogens (primary N) is 1. The summed E-state index contributed by atoms with van der Waals surface area (Å²) < 4.78 is 144. The molecule has 268 valence electrons. The summed E-state index contributed by atoms with van der Waals surface area (Å²) in [6.45, 7) is -0.532. The zero-order chi connectivity index (χ0) is 36.7. The van der Waals surface area contributed by atoms with Gasteiger partial charge in [0.15, 0.2) is 11.5 Å². The quantitative estimate of drug-likeness (QED) is 0.157. The van der Waals surface area contributed by atoms with E-state index in [4.69, 9.17) is 5.73 Å². The number of halogens is 10. The molecule has 3 heterocycles. The van der Waals surface area contributed by atoms with Crippen molar-refractivity contribution in [2.24, 2.45) is 5.92 Å². The lowest BCUT2D eigenvalue weighted by Crippen LogP contribution is -2.35. The Labute approximate surface area is 281 Å². The van der Waals surface area contributed by atoms with Crippen LogP contribution in [0.25, 0.3) is 22.0 Å². The third-order valence-corrected chi connectivity index (χ3v) is 9.06. The van der Waals surface area contributed by atoms with Gasteiger partial charge in [-0.2, -0.15) is 32.1 Å². The zero-order valence-electron chi connectivity index (χ0n) is 26.2. The van der Waals surface area contributed by atoms with Gasteiger partial charge < -0.3 is 11.1 Å². The summed E-state index contributed by atoms with van der Waals surface area (Å²) in [6.07, 6.45) is -8.58. The topological polar surface area (TPSA) is 104 Å². The van der Waals surface area contributed by atoms with E-state index >= 15 is 13.2 Å². The van der Waals surface area contributed by atoms with Crippen molar-refractivity contribution < 1.29 is 48.7 Å². The number of benzene rings is 2. The average molecular weight is 726 g/mol. The minimum Gasteiger partial charge on any atom is -0.382 e. The van der Waals surface area contributed by atoms with Gasteiger partial charge in [-0.05, 0) is 61.6 Å². The molecular formula is C33H25F10N7O. The summed E-state index contributed by atoms with van der Waals surface area (Å²) in [5.74, 6) is -10.4. The smallest absolute Gasteiger partial charge is 0.382 e. The number of fused-ring (bicyclic) bond motifs is 4. The lowest BCUT2D eigenvalue weighted by Gasteiger charge is -2.23. The molecule has 0 bridgehead atoms. The summed E-state index contributed by atoms with van der Waals surface area (Å²) in [5.41, 5.74) is 3.01. The Hall–Kier alpha value is -5.16. The molecule has 1 amide bonds. The number of amides is 1. The molecule has 0 saturated heterocycles. The summed E-state index contributed by atoms with van der Waals surface area (Å²) in [7, 11) is 0. The molecule has 3 aromatic heterocycles. The van der Waals surface area contributed by atoms with E-state index in [2.05, 4.69) is 20.5 Å². The van der Waals surface area contributed by atoms with E-state index in [0.29, 0.717) is 16.4 Å². The van der Waals surface area contributed by atoms with Crippen molar-refractivity contribution in [3.63, 3.8) is 0 Å². The Morgan fingerprint density at radius 2 is 1.71 bits per heavy atom. The zero-order valence-corrected chi connectivity index (χ0v) is 26.2. The molecule has 1 unspecified atom stereocenters. The van der Waals surface area contributed by atoms with Gasteiger partial charge in [-0.3, -0.25) is 19.1 Å². The van der Waals surface area contributed by atoms with Gasteiger partial charge in [0, 0.05) is 34.4 Å². The number of aryl methyl sites for hydroxylation is 1. The number of anilines is 1. The molecule has 0 aliphatic heterocycles. The lowest BCUT2D eigenvalue weighted by atomic mass is 9.93. The molecule has 51 heavy (non-hydrogen) atoms. The standard InChI is InChI=1S/C33H25F10N7O/c1-13-2-3-17(18-4-5-21(36)26-28(18)49(11-23(37)38)48-31(26)44)27(45-13)22(8-14-6-15(34)9-16(35)7-14)46-24(51)12-50-30-25(29(47-50)33(41,42)43)19-10-20(19)32(30,39)40/h2-7,9,19-20,22-23H,8,10-12H2,1H3,(H2,44,48)(H,46,51)/t19?,20-,22+/m1/s1. The Bertz CT molecular complexity index is 2190. The van der Waals surface area contributed by atoms with Crippen LogP contribution in [0.3, 0.4) is 0 Å². The lowest BCUT2D eigenvalue weighted by molar-refractivity contribution is -0.142. The van der Waals surface area contributed by atoms with Crippen LogP contribution in [0.2, 0.25) is 0 Å². The maximum atomic E-state index is 15.2. The molecule has 2 aromatic carbocycles. The highest BCUT2D eigenvalue weighted by molar-refractivity contribution is 6.00. The molecule has 3 N–H and O–H groups in total. The number of alkyl halides is 7. The second-order valence-electron chi connectivity index (χ2n) is 12.6. The largest absolute Gasteiger partial charge is 0.435 e. The van der Waals surface area contributed by atoms with Crippen molar-refractivity contribution in [2.45, 2.75) is 63.3 Å². The van der Waals surface area contributed by atoms with Crippen molar-refractivity contribution >= 4 is 22.6 Å². The number of aromatic nitrogens is 5. The van der Waals surface area contributed by atoms with Crippen LogP contribution in [-0.2, 0) is 36.4 Å². The number of hydrogen-bond acceptors (Lipinski definition) is 5. The van der Waals surface area contributed by atoms with Crippen LogP contribution >= 0.6 is 0 Å². The number of pyridine rings is 1. The van der Waals surface area contributed by atoms with Crippen molar-refractivity contribution in [3.8, 4) is 11.1 Å². The highest BCUT2D eigenvalue weighted by atomic mass is 19.4. The molecule has 1 saturated carbocycles. The Morgan fingerprint density at radius 1 is 1.02 bits per heavy atom. The molecule has 18 heteroatoms. The number of nitrogens with zero attached hydrogens (tertiary/aromatic N) is 5. The number of rotatable bonds is 9. The fourth-order valence-corrected chi connectivity index (χ4v) is 7.01. The van der Waals surface area contributed by atoms with E-state index in [1.165, 1.54) is 18.2 Å². The number of hydrogen-bond donors (Lipinski definition) is 2.